The van der Waals surface area contributed by atoms with Crippen LogP contribution in [-0.2, 0) is 4.79 Å². The molecule has 1 saturated carbocycles. The number of hydrogen-bond donors (Lipinski definition) is 2. The quantitative estimate of drug-likeness (QED) is 0.826. The highest BCUT2D eigenvalue weighted by Crippen LogP contribution is 2.35. The predicted molar refractivity (Wildman–Crippen MR) is 77.7 cm³/mol. The van der Waals surface area contributed by atoms with Gasteiger partial charge in [0, 0.05) is 12.2 Å². The van der Waals surface area contributed by atoms with Crippen LogP contribution in [0.5, 0.6) is 0 Å². The molecule has 112 valence electrons. The Kier molecular flexibility index (Phi) is 4.73. The molecule has 1 fully saturated rings. The molecule has 0 amide bonds. The normalized spacial score (nSPS) is 17.5. The van der Waals surface area contributed by atoms with E-state index in [1.807, 2.05) is 6.07 Å². The van der Waals surface area contributed by atoms with E-state index in [-0.39, 0.29) is 5.69 Å². The van der Waals surface area contributed by atoms with Crippen molar-refractivity contribution in [3.63, 3.8) is 0 Å². The molecule has 1 aromatic rings. The second kappa shape index (κ2) is 6.53. The number of hydrogen-bond acceptors (Lipinski definition) is 5. The van der Waals surface area contributed by atoms with Crippen molar-refractivity contribution in [1.29, 1.82) is 5.26 Å². The molecule has 0 spiro atoms. The largest absolute Gasteiger partial charge is 0.481 e. The first-order valence-electron chi connectivity index (χ1n) is 7.29. The standard InChI is InChI=1S/C15H20N4O2/c1-11-8-12(9-16)19-14(18-11)17-10-15(13(20)21)6-4-2-3-5-7-15/h8H,2-7,10H2,1H3,(H,20,21)(H,17,18,19). The van der Waals surface area contributed by atoms with E-state index in [0.29, 0.717) is 31.0 Å². The zero-order valence-electron chi connectivity index (χ0n) is 12.2. The van der Waals surface area contributed by atoms with Crippen LogP contribution in [-0.4, -0.2) is 27.6 Å². The molecule has 21 heavy (non-hydrogen) atoms. The maximum atomic E-state index is 11.7. The van der Waals surface area contributed by atoms with Gasteiger partial charge in [0.1, 0.15) is 11.8 Å². The Morgan fingerprint density at radius 1 is 1.38 bits per heavy atom. The Morgan fingerprint density at radius 3 is 2.62 bits per heavy atom. The van der Waals surface area contributed by atoms with Crippen molar-refractivity contribution >= 4 is 11.9 Å². The van der Waals surface area contributed by atoms with E-state index in [1.54, 1.807) is 13.0 Å². The van der Waals surface area contributed by atoms with Crippen LogP contribution in [0.2, 0.25) is 0 Å². The molecule has 1 aliphatic carbocycles. The Balaban J connectivity index is 2.13. The number of carbonyl (C=O) groups is 1. The van der Waals surface area contributed by atoms with Gasteiger partial charge in [-0.3, -0.25) is 4.79 Å². The van der Waals surface area contributed by atoms with Gasteiger partial charge in [-0.25, -0.2) is 9.97 Å². The highest BCUT2D eigenvalue weighted by molar-refractivity contribution is 5.75. The number of nitrogens with zero attached hydrogens (tertiary/aromatic N) is 3. The van der Waals surface area contributed by atoms with Gasteiger partial charge in [-0.2, -0.15) is 5.26 Å². The van der Waals surface area contributed by atoms with Crippen molar-refractivity contribution < 1.29 is 9.90 Å². The summed E-state index contributed by atoms with van der Waals surface area (Å²) < 4.78 is 0. The molecule has 1 aromatic heterocycles. The molecule has 0 bridgehead atoms. The van der Waals surface area contributed by atoms with E-state index in [1.165, 1.54) is 0 Å². The smallest absolute Gasteiger partial charge is 0.311 e. The SMILES string of the molecule is Cc1cc(C#N)nc(NCC2(C(=O)O)CCCCCC2)n1. The lowest BCUT2D eigenvalue weighted by atomic mass is 9.80. The first-order chi connectivity index (χ1) is 10.1. The van der Waals surface area contributed by atoms with Crippen molar-refractivity contribution in [2.75, 3.05) is 11.9 Å². The average Bonchev–Trinajstić information content (AvgIpc) is 2.71. The Hall–Kier alpha value is -2.16. The summed E-state index contributed by atoms with van der Waals surface area (Å²) in [6.07, 6.45) is 5.40. The lowest BCUT2D eigenvalue weighted by Gasteiger charge is -2.28. The summed E-state index contributed by atoms with van der Waals surface area (Å²) in [7, 11) is 0. The first kappa shape index (κ1) is 15.2. The summed E-state index contributed by atoms with van der Waals surface area (Å²) >= 11 is 0. The molecule has 0 saturated heterocycles. The highest BCUT2D eigenvalue weighted by atomic mass is 16.4. The van der Waals surface area contributed by atoms with E-state index in [9.17, 15) is 9.90 Å². The second-order valence-electron chi connectivity index (χ2n) is 5.68. The Labute approximate surface area is 124 Å². The van der Waals surface area contributed by atoms with Crippen LogP contribution in [0.4, 0.5) is 5.95 Å². The zero-order chi connectivity index (χ0) is 15.3. The van der Waals surface area contributed by atoms with E-state index >= 15 is 0 Å². The molecule has 2 rings (SSSR count). The van der Waals surface area contributed by atoms with Gasteiger partial charge in [0.25, 0.3) is 0 Å². The minimum atomic E-state index is -0.759. The van der Waals surface area contributed by atoms with Crippen molar-refractivity contribution in [1.82, 2.24) is 9.97 Å². The highest BCUT2D eigenvalue weighted by Gasteiger charge is 2.38. The lowest BCUT2D eigenvalue weighted by Crippen LogP contribution is -2.38. The lowest BCUT2D eigenvalue weighted by molar-refractivity contribution is -0.149. The summed E-state index contributed by atoms with van der Waals surface area (Å²) in [6, 6.07) is 3.58. The van der Waals surface area contributed by atoms with Crippen molar-refractivity contribution in [3.05, 3.63) is 17.5 Å². The zero-order valence-corrected chi connectivity index (χ0v) is 12.2. The van der Waals surface area contributed by atoms with Gasteiger partial charge in [0.05, 0.1) is 5.41 Å². The Morgan fingerprint density at radius 2 is 2.05 bits per heavy atom. The maximum absolute atomic E-state index is 11.7. The second-order valence-corrected chi connectivity index (χ2v) is 5.68. The third-order valence-electron chi connectivity index (χ3n) is 4.07. The number of carboxylic acid groups (broad SMARTS) is 1. The van der Waals surface area contributed by atoms with Crippen LogP contribution in [0.15, 0.2) is 6.07 Å². The van der Waals surface area contributed by atoms with Crippen LogP contribution in [0.3, 0.4) is 0 Å². The van der Waals surface area contributed by atoms with Crippen LogP contribution < -0.4 is 5.32 Å². The van der Waals surface area contributed by atoms with Gasteiger partial charge in [-0.15, -0.1) is 0 Å². The molecule has 6 nitrogen and oxygen atoms in total. The van der Waals surface area contributed by atoms with Crippen molar-refractivity contribution in [2.24, 2.45) is 5.41 Å². The molecule has 1 heterocycles. The monoisotopic (exact) mass is 288 g/mol. The molecule has 0 unspecified atom stereocenters. The van der Waals surface area contributed by atoms with E-state index in [2.05, 4.69) is 15.3 Å². The van der Waals surface area contributed by atoms with E-state index in [4.69, 9.17) is 5.26 Å². The van der Waals surface area contributed by atoms with E-state index in [0.717, 1.165) is 25.7 Å². The van der Waals surface area contributed by atoms with Crippen LogP contribution in [0, 0.1) is 23.7 Å². The third kappa shape index (κ3) is 3.69. The van der Waals surface area contributed by atoms with Gasteiger partial charge in [0.15, 0.2) is 0 Å². The van der Waals surface area contributed by atoms with Crippen LogP contribution in [0.25, 0.3) is 0 Å². The summed E-state index contributed by atoms with van der Waals surface area (Å²) in [6.45, 7) is 2.09. The Bertz CT molecular complexity index is 557. The van der Waals surface area contributed by atoms with Gasteiger partial charge in [0.2, 0.25) is 5.95 Å². The predicted octanol–water partition coefficient (Wildman–Crippen LogP) is 2.49. The van der Waals surface area contributed by atoms with Crippen LogP contribution >= 0.6 is 0 Å². The molecule has 1 aliphatic rings. The minimum absolute atomic E-state index is 0.287. The van der Waals surface area contributed by atoms with Crippen LogP contribution in [0.1, 0.15) is 49.9 Å². The van der Waals surface area contributed by atoms with Gasteiger partial charge < -0.3 is 10.4 Å². The van der Waals surface area contributed by atoms with Crippen molar-refractivity contribution in [3.8, 4) is 6.07 Å². The fourth-order valence-electron chi connectivity index (χ4n) is 2.82. The minimum Gasteiger partial charge on any atom is -0.481 e. The van der Waals surface area contributed by atoms with Gasteiger partial charge in [-0.1, -0.05) is 25.7 Å². The number of aryl methyl sites for hydroxylation is 1. The maximum Gasteiger partial charge on any atom is 0.311 e. The molecular formula is C15H20N4O2. The molecule has 6 heteroatoms. The molecule has 0 aliphatic heterocycles. The number of nitrogens with one attached hydrogen (secondary N) is 1. The van der Waals surface area contributed by atoms with E-state index < -0.39 is 11.4 Å². The summed E-state index contributed by atoms with van der Waals surface area (Å²) in [5.41, 5.74) is 0.223. The fraction of sp³-hybridized carbons (Fsp3) is 0.600. The molecular weight excluding hydrogens is 268 g/mol. The topological polar surface area (TPSA) is 98.9 Å². The summed E-state index contributed by atoms with van der Waals surface area (Å²) in [5.74, 6) is -0.429. The average molecular weight is 288 g/mol. The summed E-state index contributed by atoms with van der Waals surface area (Å²) in [4.78, 5) is 20.0. The number of aromatic nitrogens is 2. The first-order valence-corrected chi connectivity index (χ1v) is 7.29. The number of anilines is 1. The molecule has 0 aromatic carbocycles. The third-order valence-corrected chi connectivity index (χ3v) is 4.07. The number of nitriles is 1. The molecule has 2 N–H and O–H groups in total. The molecule has 0 radical (unpaired) electrons. The van der Waals surface area contributed by atoms with Gasteiger partial charge in [-0.05, 0) is 25.8 Å². The number of carboxylic acids is 1. The van der Waals surface area contributed by atoms with Crippen molar-refractivity contribution in [2.45, 2.75) is 45.4 Å². The van der Waals surface area contributed by atoms with Gasteiger partial charge >= 0.3 is 5.97 Å². The number of aliphatic carboxylic acids is 1. The number of rotatable bonds is 4. The summed E-state index contributed by atoms with van der Waals surface area (Å²) in [5, 5.41) is 21.6. The fourth-order valence-corrected chi connectivity index (χ4v) is 2.82. The molecule has 0 atom stereocenters.